The fraction of sp³-hybridized carbons (Fsp3) is 0.385. The number of aromatic nitrogens is 2. The zero-order valence-electron chi connectivity index (χ0n) is 18.9. The van der Waals surface area contributed by atoms with Crippen LogP contribution in [0.3, 0.4) is 0 Å². The Morgan fingerprint density at radius 3 is 2.39 bits per heavy atom. The lowest BCUT2D eigenvalue weighted by atomic mass is 10.0. The maximum absolute atomic E-state index is 12.9. The maximum Gasteiger partial charge on any atom is 0.238 e. The van der Waals surface area contributed by atoms with Crippen molar-refractivity contribution in [2.75, 3.05) is 11.9 Å². The largest absolute Gasteiger partial charge is 0.322 e. The summed E-state index contributed by atoms with van der Waals surface area (Å²) in [4.78, 5) is 15.2. The van der Waals surface area contributed by atoms with E-state index in [0.717, 1.165) is 29.3 Å². The van der Waals surface area contributed by atoms with E-state index in [4.69, 9.17) is 0 Å². The third-order valence-electron chi connectivity index (χ3n) is 6.00. The summed E-state index contributed by atoms with van der Waals surface area (Å²) in [6.45, 7) is 9.55. The van der Waals surface area contributed by atoms with Gasteiger partial charge >= 0.3 is 0 Å². The van der Waals surface area contributed by atoms with E-state index >= 15 is 0 Å². The van der Waals surface area contributed by atoms with E-state index in [1.54, 1.807) is 0 Å². The molecular weight excluding hydrogens is 384 g/mol. The minimum atomic E-state index is 0.0181. The first kappa shape index (κ1) is 21.3. The summed E-state index contributed by atoms with van der Waals surface area (Å²) in [6, 6.07) is 19.3. The Hall–Kier alpha value is -2.92. The molecule has 1 heterocycles. The molecule has 5 heteroatoms. The SMILES string of the molecule is Cc1nn(-c2ccccc2)c(C)c1NC(=O)CN(Cc1ccc(C(C)C)cc1)C1CC1. The third-order valence-corrected chi connectivity index (χ3v) is 6.00. The summed E-state index contributed by atoms with van der Waals surface area (Å²) in [5.74, 6) is 0.548. The number of carbonyl (C=O) groups is 1. The Balaban J connectivity index is 1.44. The zero-order chi connectivity index (χ0) is 22.0. The van der Waals surface area contributed by atoms with Crippen molar-refractivity contribution in [1.82, 2.24) is 14.7 Å². The van der Waals surface area contributed by atoms with Gasteiger partial charge in [0.25, 0.3) is 0 Å². The first-order chi connectivity index (χ1) is 14.9. The number of rotatable bonds is 8. The van der Waals surface area contributed by atoms with E-state index in [0.29, 0.717) is 18.5 Å². The van der Waals surface area contributed by atoms with Crippen molar-refractivity contribution in [3.8, 4) is 5.69 Å². The lowest BCUT2D eigenvalue weighted by Crippen LogP contribution is -2.34. The molecule has 1 aliphatic rings. The van der Waals surface area contributed by atoms with Crippen LogP contribution in [0.25, 0.3) is 5.69 Å². The van der Waals surface area contributed by atoms with Gasteiger partial charge in [-0.25, -0.2) is 4.68 Å². The van der Waals surface area contributed by atoms with Gasteiger partial charge in [-0.15, -0.1) is 0 Å². The molecule has 0 saturated heterocycles. The van der Waals surface area contributed by atoms with Crippen LogP contribution in [0.5, 0.6) is 0 Å². The van der Waals surface area contributed by atoms with Gasteiger partial charge in [0.05, 0.1) is 29.3 Å². The number of aryl methyl sites for hydroxylation is 1. The van der Waals surface area contributed by atoms with Crippen LogP contribution in [0.2, 0.25) is 0 Å². The van der Waals surface area contributed by atoms with Gasteiger partial charge in [0.15, 0.2) is 0 Å². The predicted octanol–water partition coefficient (Wildman–Crippen LogP) is 5.22. The van der Waals surface area contributed by atoms with Crippen molar-refractivity contribution in [3.63, 3.8) is 0 Å². The smallest absolute Gasteiger partial charge is 0.238 e. The molecule has 1 N–H and O–H groups in total. The first-order valence-corrected chi connectivity index (χ1v) is 11.2. The standard InChI is InChI=1S/C26H32N4O/c1-18(2)22-12-10-21(11-13-22)16-29(23-14-15-23)17-25(31)27-26-19(3)28-30(20(26)4)24-8-6-5-7-9-24/h5-13,18,23H,14-17H2,1-4H3,(H,27,31). The number of para-hydroxylation sites is 1. The molecule has 0 spiro atoms. The first-order valence-electron chi connectivity index (χ1n) is 11.2. The van der Waals surface area contributed by atoms with Crippen LogP contribution in [0.15, 0.2) is 54.6 Å². The lowest BCUT2D eigenvalue weighted by molar-refractivity contribution is -0.117. The Kier molecular flexibility index (Phi) is 6.23. The molecule has 1 amide bonds. The van der Waals surface area contributed by atoms with E-state index in [9.17, 15) is 4.79 Å². The molecule has 0 radical (unpaired) electrons. The third kappa shape index (κ3) is 5.05. The maximum atomic E-state index is 12.9. The minimum absolute atomic E-state index is 0.0181. The summed E-state index contributed by atoms with van der Waals surface area (Å²) in [5, 5.41) is 7.77. The van der Waals surface area contributed by atoms with Gasteiger partial charge in [0.2, 0.25) is 5.91 Å². The fourth-order valence-electron chi connectivity index (χ4n) is 4.00. The lowest BCUT2D eigenvalue weighted by Gasteiger charge is -2.22. The van der Waals surface area contributed by atoms with E-state index in [2.05, 4.69) is 53.4 Å². The van der Waals surface area contributed by atoms with Gasteiger partial charge < -0.3 is 5.32 Å². The molecule has 1 aliphatic carbocycles. The Bertz CT molecular complexity index is 1030. The van der Waals surface area contributed by atoms with Gasteiger partial charge in [-0.3, -0.25) is 9.69 Å². The summed E-state index contributed by atoms with van der Waals surface area (Å²) >= 11 is 0. The van der Waals surface area contributed by atoms with Crippen LogP contribution in [0, 0.1) is 13.8 Å². The van der Waals surface area contributed by atoms with Crippen LogP contribution in [0.4, 0.5) is 5.69 Å². The second-order valence-corrected chi connectivity index (χ2v) is 8.87. The van der Waals surface area contributed by atoms with E-state index in [1.807, 2.05) is 48.9 Å². The molecule has 1 saturated carbocycles. The fourth-order valence-corrected chi connectivity index (χ4v) is 4.00. The highest BCUT2D eigenvalue weighted by atomic mass is 16.2. The predicted molar refractivity (Wildman–Crippen MR) is 126 cm³/mol. The van der Waals surface area contributed by atoms with Gasteiger partial charge in [-0.1, -0.05) is 56.3 Å². The molecule has 0 unspecified atom stereocenters. The summed E-state index contributed by atoms with van der Waals surface area (Å²) in [7, 11) is 0. The van der Waals surface area contributed by atoms with Crippen LogP contribution in [0.1, 0.15) is 55.1 Å². The summed E-state index contributed by atoms with van der Waals surface area (Å²) in [5.41, 5.74) is 6.18. The number of amides is 1. The molecule has 162 valence electrons. The summed E-state index contributed by atoms with van der Waals surface area (Å²) < 4.78 is 1.89. The second kappa shape index (κ2) is 9.06. The van der Waals surface area contributed by atoms with E-state index in [1.165, 1.54) is 24.0 Å². The molecule has 1 aromatic heterocycles. The van der Waals surface area contributed by atoms with E-state index < -0.39 is 0 Å². The molecule has 31 heavy (non-hydrogen) atoms. The number of anilines is 1. The minimum Gasteiger partial charge on any atom is -0.322 e. The molecule has 0 atom stereocenters. The van der Waals surface area contributed by atoms with Crippen LogP contribution < -0.4 is 5.32 Å². The molecule has 0 bridgehead atoms. The Morgan fingerprint density at radius 2 is 1.77 bits per heavy atom. The van der Waals surface area contributed by atoms with Crippen molar-refractivity contribution < 1.29 is 4.79 Å². The highest BCUT2D eigenvalue weighted by molar-refractivity contribution is 5.93. The molecule has 2 aromatic carbocycles. The van der Waals surface area contributed by atoms with Crippen molar-refractivity contribution in [3.05, 3.63) is 77.1 Å². The molecule has 0 aliphatic heterocycles. The Labute approximate surface area is 185 Å². The van der Waals surface area contributed by atoms with Gasteiger partial charge in [-0.05, 0) is 55.9 Å². The number of nitrogens with one attached hydrogen (secondary N) is 1. The molecule has 5 nitrogen and oxygen atoms in total. The number of carbonyl (C=O) groups excluding carboxylic acids is 1. The van der Waals surface area contributed by atoms with Crippen molar-refractivity contribution in [2.45, 2.75) is 59.0 Å². The average molecular weight is 417 g/mol. The molecule has 1 fully saturated rings. The molecular formula is C26H32N4O. The topological polar surface area (TPSA) is 50.2 Å². The van der Waals surface area contributed by atoms with Gasteiger partial charge in [0.1, 0.15) is 0 Å². The molecule has 3 aromatic rings. The van der Waals surface area contributed by atoms with Crippen LogP contribution in [-0.2, 0) is 11.3 Å². The Morgan fingerprint density at radius 1 is 1.10 bits per heavy atom. The number of nitrogens with zero attached hydrogens (tertiary/aromatic N) is 3. The highest BCUT2D eigenvalue weighted by Crippen LogP contribution is 2.29. The number of hydrogen-bond acceptors (Lipinski definition) is 3. The molecule has 4 rings (SSSR count). The average Bonchev–Trinajstić information content (AvgIpc) is 3.57. The van der Waals surface area contributed by atoms with Crippen molar-refractivity contribution >= 4 is 11.6 Å². The van der Waals surface area contributed by atoms with Crippen LogP contribution in [-0.4, -0.2) is 33.2 Å². The van der Waals surface area contributed by atoms with Gasteiger partial charge in [-0.2, -0.15) is 5.10 Å². The highest BCUT2D eigenvalue weighted by Gasteiger charge is 2.30. The van der Waals surface area contributed by atoms with Crippen LogP contribution >= 0.6 is 0 Å². The summed E-state index contributed by atoms with van der Waals surface area (Å²) in [6.07, 6.45) is 2.34. The van der Waals surface area contributed by atoms with Crippen molar-refractivity contribution in [1.29, 1.82) is 0 Å². The van der Waals surface area contributed by atoms with Gasteiger partial charge in [0, 0.05) is 12.6 Å². The normalized spacial score (nSPS) is 13.7. The monoisotopic (exact) mass is 416 g/mol. The second-order valence-electron chi connectivity index (χ2n) is 8.87. The quantitative estimate of drug-likeness (QED) is 0.548. The van der Waals surface area contributed by atoms with Crippen molar-refractivity contribution in [2.24, 2.45) is 0 Å². The number of benzene rings is 2. The number of hydrogen-bond donors (Lipinski definition) is 1. The zero-order valence-corrected chi connectivity index (χ0v) is 18.9. The van der Waals surface area contributed by atoms with E-state index in [-0.39, 0.29) is 5.91 Å².